The lowest BCUT2D eigenvalue weighted by Crippen LogP contribution is -2.58. The van der Waals surface area contributed by atoms with E-state index in [9.17, 15) is 0 Å². The highest BCUT2D eigenvalue weighted by molar-refractivity contribution is 6.67. The van der Waals surface area contributed by atoms with Crippen LogP contribution in [0.2, 0.25) is 0 Å². The zero-order valence-electron chi connectivity index (χ0n) is 12.2. The van der Waals surface area contributed by atoms with Gasteiger partial charge in [0.25, 0.3) is 0 Å². The molecular formula is C10H20B6. The second-order valence-corrected chi connectivity index (χ2v) is 5.74. The molecule has 0 aliphatic carbocycles. The number of hydrogen-bond donors (Lipinski definition) is 0. The van der Waals surface area contributed by atoms with Crippen LogP contribution in [0.25, 0.3) is 0 Å². The fourth-order valence-corrected chi connectivity index (χ4v) is 2.69. The summed E-state index contributed by atoms with van der Waals surface area (Å²) in [7, 11) is 13.7. The van der Waals surface area contributed by atoms with Crippen molar-refractivity contribution >= 4 is 74.4 Å². The molecule has 0 saturated heterocycles. The topological polar surface area (TPSA) is 0 Å². The first kappa shape index (κ1) is 13.7. The minimum absolute atomic E-state index is 0.289. The van der Waals surface area contributed by atoms with E-state index in [0.29, 0.717) is 0 Å². The summed E-state index contributed by atoms with van der Waals surface area (Å²) in [5, 5.41) is 0.289. The van der Waals surface area contributed by atoms with Crippen molar-refractivity contribution in [3.63, 3.8) is 0 Å². The van der Waals surface area contributed by atoms with Gasteiger partial charge in [-0.2, -0.15) is 0 Å². The van der Waals surface area contributed by atoms with Gasteiger partial charge in [0.2, 0.25) is 0 Å². The van der Waals surface area contributed by atoms with Crippen LogP contribution < -0.4 is 27.3 Å². The van der Waals surface area contributed by atoms with E-state index in [-0.39, 0.29) is 5.31 Å². The smallest absolute Gasteiger partial charge is 0.102 e. The number of rotatable bonds is 2. The zero-order chi connectivity index (χ0) is 12.7. The van der Waals surface area contributed by atoms with Crippen LogP contribution in [0.15, 0.2) is 0 Å². The van der Waals surface area contributed by atoms with Gasteiger partial charge in [0.05, 0.1) is 0 Å². The minimum Gasteiger partial charge on any atom is -0.102 e. The first-order valence-electron chi connectivity index (χ1n) is 6.31. The van der Waals surface area contributed by atoms with Gasteiger partial charge in [0.15, 0.2) is 0 Å². The first-order chi connectivity index (χ1) is 7.24. The summed E-state index contributed by atoms with van der Waals surface area (Å²) in [6.45, 7) is 4.64. The van der Waals surface area contributed by atoms with Crippen LogP contribution in [0.3, 0.4) is 0 Å². The predicted octanol–water partition coefficient (Wildman–Crippen LogP) is -6.76. The third kappa shape index (κ3) is 2.03. The van der Waals surface area contributed by atoms with Crippen molar-refractivity contribution in [1.82, 2.24) is 0 Å². The van der Waals surface area contributed by atoms with E-state index in [0.717, 1.165) is 0 Å². The summed E-state index contributed by atoms with van der Waals surface area (Å²) >= 11 is 0. The van der Waals surface area contributed by atoms with E-state index in [1.165, 1.54) is 33.7 Å². The van der Waals surface area contributed by atoms with Crippen molar-refractivity contribution in [2.45, 2.75) is 25.6 Å². The Morgan fingerprint density at radius 1 is 0.812 bits per heavy atom. The third-order valence-corrected chi connectivity index (χ3v) is 4.56. The molecule has 0 fully saturated rings. The van der Waals surface area contributed by atoms with Gasteiger partial charge in [0, 0.05) is 0 Å². The molecule has 16 heavy (non-hydrogen) atoms. The molecule has 1 atom stereocenters. The van der Waals surface area contributed by atoms with Crippen LogP contribution >= 0.6 is 0 Å². The Kier molecular flexibility index (Phi) is 3.82. The number of benzene rings is 1. The molecule has 1 aromatic rings. The first-order valence-corrected chi connectivity index (χ1v) is 6.31. The highest BCUT2D eigenvalue weighted by atomic mass is 14.2. The molecule has 0 bridgehead atoms. The summed E-state index contributed by atoms with van der Waals surface area (Å²) in [6, 6.07) is 0. The number of hydrogen-bond acceptors (Lipinski definition) is 0. The van der Waals surface area contributed by atoms with Crippen LogP contribution in [0.1, 0.15) is 25.8 Å². The lowest BCUT2D eigenvalue weighted by Gasteiger charge is -2.32. The molecule has 0 amide bonds. The van der Waals surface area contributed by atoms with E-state index in [1.807, 2.05) is 0 Å². The molecule has 0 spiro atoms. The van der Waals surface area contributed by atoms with Gasteiger partial charge in [-0.05, 0) is 5.31 Å². The molecule has 0 aromatic heterocycles. The molecule has 1 unspecified atom stereocenters. The fourth-order valence-electron chi connectivity index (χ4n) is 2.69. The molecular weight excluding hydrogens is 185 g/mol. The van der Waals surface area contributed by atoms with Crippen LogP contribution in [-0.2, 0) is 5.31 Å². The molecule has 0 aliphatic rings. The Balaban J connectivity index is 3.65. The Labute approximate surface area is 106 Å². The lowest BCUT2D eigenvalue weighted by molar-refractivity contribution is 0.657. The van der Waals surface area contributed by atoms with Crippen LogP contribution in [0.5, 0.6) is 0 Å². The molecule has 0 radical (unpaired) electrons. The minimum atomic E-state index is 0.289. The maximum absolute atomic E-state index is 2.36. The van der Waals surface area contributed by atoms with E-state index in [4.69, 9.17) is 0 Å². The summed E-state index contributed by atoms with van der Waals surface area (Å²) in [6.07, 6.45) is 1.19. The summed E-state index contributed by atoms with van der Waals surface area (Å²) in [5.41, 5.74) is 8.96. The molecule has 0 N–H and O–H groups in total. The van der Waals surface area contributed by atoms with E-state index in [2.05, 4.69) is 60.9 Å². The van der Waals surface area contributed by atoms with Crippen LogP contribution in [-0.4, -0.2) is 47.1 Å². The van der Waals surface area contributed by atoms with Gasteiger partial charge >= 0.3 is 0 Å². The molecule has 0 nitrogen and oxygen atoms in total. The normalized spacial score (nSPS) is 14.6. The second kappa shape index (κ2) is 4.47. The van der Waals surface area contributed by atoms with Crippen LogP contribution in [0, 0.1) is 0 Å². The highest BCUT2D eigenvalue weighted by Gasteiger charge is 2.24. The quantitative estimate of drug-likeness (QED) is 0.421. The average molecular weight is 205 g/mol. The molecule has 1 rings (SSSR count). The average Bonchev–Trinajstić information content (AvgIpc) is 2.23. The molecule has 78 valence electrons. The fraction of sp³-hybridized carbons (Fsp3) is 0.400. The highest BCUT2D eigenvalue weighted by Crippen LogP contribution is 2.18. The molecule has 0 saturated carbocycles. The summed E-state index contributed by atoms with van der Waals surface area (Å²) < 4.78 is 0. The predicted molar refractivity (Wildman–Crippen MR) is 93.5 cm³/mol. The van der Waals surface area contributed by atoms with Gasteiger partial charge in [-0.15, -0.1) is 16.4 Å². The standard InChI is InChI=1S/C10H20B6/c1-3-10(2,16)4-5(11)7(13)9(15)8(14)6(4)12/h3,11-16H2,1-2H3. The van der Waals surface area contributed by atoms with Crippen LogP contribution in [0.4, 0.5) is 0 Å². The Hall–Kier alpha value is -0.390. The Morgan fingerprint density at radius 2 is 1.12 bits per heavy atom. The van der Waals surface area contributed by atoms with E-state index >= 15 is 0 Å². The largest absolute Gasteiger partial charge is 0.138 e. The summed E-state index contributed by atoms with van der Waals surface area (Å²) in [4.78, 5) is 0. The van der Waals surface area contributed by atoms with E-state index < -0.39 is 0 Å². The van der Waals surface area contributed by atoms with Crippen molar-refractivity contribution in [3.8, 4) is 0 Å². The lowest BCUT2D eigenvalue weighted by atomic mass is 9.52. The van der Waals surface area contributed by atoms with Crippen molar-refractivity contribution < 1.29 is 0 Å². The van der Waals surface area contributed by atoms with E-state index in [1.54, 1.807) is 5.56 Å². The SMILES string of the molecule is Bc1c(B)c(B)c(C(B)(C)CC)c(B)c1B. The molecule has 6 heteroatoms. The van der Waals surface area contributed by atoms with Gasteiger partial charge in [0.1, 0.15) is 47.1 Å². The third-order valence-electron chi connectivity index (χ3n) is 4.56. The van der Waals surface area contributed by atoms with Gasteiger partial charge in [-0.3, -0.25) is 0 Å². The second-order valence-electron chi connectivity index (χ2n) is 5.74. The Bertz CT molecular complexity index is 395. The van der Waals surface area contributed by atoms with Crippen molar-refractivity contribution in [2.75, 3.05) is 0 Å². The molecule has 0 heterocycles. The monoisotopic (exact) mass is 206 g/mol. The molecule has 1 aromatic carbocycles. The maximum atomic E-state index is 2.36. The summed E-state index contributed by atoms with van der Waals surface area (Å²) in [5.74, 6) is 0. The van der Waals surface area contributed by atoms with Crippen molar-refractivity contribution in [3.05, 3.63) is 5.56 Å². The maximum Gasteiger partial charge on any atom is 0.138 e. The van der Waals surface area contributed by atoms with Gasteiger partial charge in [-0.25, -0.2) is 0 Å². The van der Waals surface area contributed by atoms with Gasteiger partial charge < -0.3 is 0 Å². The van der Waals surface area contributed by atoms with Crippen molar-refractivity contribution in [1.29, 1.82) is 0 Å². The Morgan fingerprint density at radius 3 is 1.44 bits per heavy atom. The van der Waals surface area contributed by atoms with Gasteiger partial charge in [-0.1, -0.05) is 36.8 Å². The van der Waals surface area contributed by atoms with Crippen molar-refractivity contribution in [2.24, 2.45) is 0 Å². The zero-order valence-corrected chi connectivity index (χ0v) is 12.2. The molecule has 0 aliphatic heterocycles.